The standard InChI is InChI=1S/C22H29N3OS/c1-16-6-4-13-25(16)14-5-15-26-18-11-9-17(10-12-18)21-19-7-3-8-20(19)22(27-2)24-23-21/h9-12,16H,3-8,13-15H2,1-2H3/t16-/m1/s1. The van der Waals surface area contributed by atoms with Gasteiger partial charge in [-0.2, -0.15) is 0 Å². The average molecular weight is 384 g/mol. The maximum absolute atomic E-state index is 5.96. The van der Waals surface area contributed by atoms with Crippen LogP contribution in [0.15, 0.2) is 29.3 Å². The first kappa shape index (κ1) is 18.8. The second-order valence-corrected chi connectivity index (χ2v) is 8.42. The Labute approximate surface area is 166 Å². The number of hydrogen-bond acceptors (Lipinski definition) is 5. The minimum atomic E-state index is 0.740. The van der Waals surface area contributed by atoms with Crippen LogP contribution in [-0.2, 0) is 12.8 Å². The first-order valence-corrected chi connectivity index (χ1v) is 11.4. The molecule has 0 unspecified atom stereocenters. The topological polar surface area (TPSA) is 38.3 Å². The molecule has 0 radical (unpaired) electrons. The third-order valence-electron chi connectivity index (χ3n) is 5.87. The fourth-order valence-electron chi connectivity index (χ4n) is 4.34. The summed E-state index contributed by atoms with van der Waals surface area (Å²) in [6, 6.07) is 9.13. The zero-order chi connectivity index (χ0) is 18.6. The zero-order valence-corrected chi connectivity index (χ0v) is 17.2. The van der Waals surface area contributed by atoms with E-state index in [1.807, 2.05) is 0 Å². The maximum Gasteiger partial charge on any atom is 0.122 e. The van der Waals surface area contributed by atoms with E-state index in [0.29, 0.717) is 0 Å². The Balaban J connectivity index is 1.36. The minimum Gasteiger partial charge on any atom is -0.494 e. The molecule has 0 saturated carbocycles. The summed E-state index contributed by atoms with van der Waals surface area (Å²) in [5, 5.41) is 10.1. The first-order chi connectivity index (χ1) is 13.3. The summed E-state index contributed by atoms with van der Waals surface area (Å²) < 4.78 is 5.96. The summed E-state index contributed by atoms with van der Waals surface area (Å²) in [5.41, 5.74) is 4.99. The summed E-state index contributed by atoms with van der Waals surface area (Å²) >= 11 is 1.70. The third-order valence-corrected chi connectivity index (χ3v) is 6.59. The number of benzene rings is 1. The lowest BCUT2D eigenvalue weighted by atomic mass is 10.0. The molecule has 1 fully saturated rings. The Morgan fingerprint density at radius 2 is 1.93 bits per heavy atom. The second-order valence-electron chi connectivity index (χ2n) is 7.62. The van der Waals surface area contributed by atoms with Gasteiger partial charge in [0.15, 0.2) is 0 Å². The van der Waals surface area contributed by atoms with Crippen LogP contribution in [-0.4, -0.2) is 47.1 Å². The molecular weight excluding hydrogens is 354 g/mol. The van der Waals surface area contributed by atoms with E-state index >= 15 is 0 Å². The normalized spacial score (nSPS) is 19.4. The number of aromatic nitrogens is 2. The van der Waals surface area contributed by atoms with Crippen LogP contribution in [0.3, 0.4) is 0 Å². The molecule has 2 aliphatic rings. The van der Waals surface area contributed by atoms with Crippen molar-refractivity contribution in [1.82, 2.24) is 15.1 Å². The van der Waals surface area contributed by atoms with E-state index in [-0.39, 0.29) is 0 Å². The van der Waals surface area contributed by atoms with Crippen molar-refractivity contribution < 1.29 is 4.74 Å². The van der Waals surface area contributed by atoms with Gasteiger partial charge in [-0.25, -0.2) is 0 Å². The van der Waals surface area contributed by atoms with Crippen molar-refractivity contribution in [3.05, 3.63) is 35.4 Å². The molecule has 1 aromatic carbocycles. The smallest absolute Gasteiger partial charge is 0.122 e. The predicted octanol–water partition coefficient (Wildman–Crippen LogP) is 4.61. The van der Waals surface area contributed by atoms with E-state index in [4.69, 9.17) is 4.74 Å². The van der Waals surface area contributed by atoms with Crippen LogP contribution in [0.25, 0.3) is 11.3 Å². The van der Waals surface area contributed by atoms with Crippen molar-refractivity contribution in [2.24, 2.45) is 0 Å². The molecule has 1 aliphatic heterocycles. The Morgan fingerprint density at radius 3 is 2.67 bits per heavy atom. The molecule has 1 atom stereocenters. The molecule has 4 rings (SSSR count). The summed E-state index contributed by atoms with van der Waals surface area (Å²) in [4.78, 5) is 2.57. The molecule has 1 aromatic heterocycles. The number of rotatable bonds is 7. The molecule has 0 amide bonds. The van der Waals surface area contributed by atoms with Gasteiger partial charge >= 0.3 is 0 Å². The second kappa shape index (κ2) is 8.61. The number of hydrogen-bond donors (Lipinski definition) is 0. The van der Waals surface area contributed by atoms with Gasteiger partial charge in [0.2, 0.25) is 0 Å². The Kier molecular flexibility index (Phi) is 5.98. The highest BCUT2D eigenvalue weighted by molar-refractivity contribution is 7.98. The van der Waals surface area contributed by atoms with Crippen LogP contribution in [0.2, 0.25) is 0 Å². The molecular formula is C22H29N3OS. The van der Waals surface area contributed by atoms with Gasteiger partial charge in [-0.05, 0) is 93.6 Å². The Morgan fingerprint density at radius 1 is 1.11 bits per heavy atom. The monoisotopic (exact) mass is 383 g/mol. The number of thioether (sulfide) groups is 1. The number of nitrogens with zero attached hydrogens (tertiary/aromatic N) is 3. The van der Waals surface area contributed by atoms with Crippen LogP contribution in [0.5, 0.6) is 5.75 Å². The molecule has 5 heteroatoms. The zero-order valence-electron chi connectivity index (χ0n) is 16.4. The molecule has 2 heterocycles. The van der Waals surface area contributed by atoms with Crippen LogP contribution < -0.4 is 4.74 Å². The molecule has 1 saturated heterocycles. The highest BCUT2D eigenvalue weighted by atomic mass is 32.2. The summed E-state index contributed by atoms with van der Waals surface area (Å²) in [5.74, 6) is 0.943. The van der Waals surface area contributed by atoms with Crippen LogP contribution >= 0.6 is 11.8 Å². The highest BCUT2D eigenvalue weighted by Crippen LogP contribution is 2.35. The SMILES string of the molecule is CSc1nnc(-c2ccc(OCCCN3CCC[C@H]3C)cc2)c2c1CCC2. The molecule has 4 nitrogen and oxygen atoms in total. The van der Waals surface area contributed by atoms with E-state index in [0.717, 1.165) is 60.5 Å². The Bertz CT molecular complexity index is 778. The minimum absolute atomic E-state index is 0.740. The Hall–Kier alpha value is -1.59. The molecule has 144 valence electrons. The van der Waals surface area contributed by atoms with Gasteiger partial charge in [0, 0.05) is 18.2 Å². The largest absolute Gasteiger partial charge is 0.494 e. The third kappa shape index (κ3) is 4.14. The first-order valence-electron chi connectivity index (χ1n) is 10.2. The number of ether oxygens (including phenoxy) is 1. The molecule has 0 N–H and O–H groups in total. The lowest BCUT2D eigenvalue weighted by Gasteiger charge is -2.20. The van der Waals surface area contributed by atoms with Gasteiger partial charge in [-0.15, -0.1) is 22.0 Å². The molecule has 0 spiro atoms. The fraction of sp³-hybridized carbons (Fsp3) is 0.545. The van der Waals surface area contributed by atoms with Crippen LogP contribution in [0, 0.1) is 0 Å². The summed E-state index contributed by atoms with van der Waals surface area (Å²) in [6.07, 6.45) is 9.30. The molecule has 0 bridgehead atoms. The van der Waals surface area contributed by atoms with Gasteiger partial charge in [-0.3, -0.25) is 0 Å². The predicted molar refractivity (Wildman–Crippen MR) is 112 cm³/mol. The van der Waals surface area contributed by atoms with Crippen molar-refractivity contribution in [2.45, 2.75) is 56.5 Å². The van der Waals surface area contributed by atoms with Crippen molar-refractivity contribution in [3.63, 3.8) is 0 Å². The fourth-order valence-corrected chi connectivity index (χ4v) is 4.94. The van der Waals surface area contributed by atoms with Crippen LogP contribution in [0.4, 0.5) is 0 Å². The van der Waals surface area contributed by atoms with Crippen molar-refractivity contribution in [2.75, 3.05) is 26.0 Å². The number of fused-ring (bicyclic) bond motifs is 1. The molecule has 1 aliphatic carbocycles. The maximum atomic E-state index is 5.96. The van der Waals surface area contributed by atoms with Gasteiger partial charge in [0.1, 0.15) is 10.8 Å². The van der Waals surface area contributed by atoms with E-state index in [9.17, 15) is 0 Å². The van der Waals surface area contributed by atoms with E-state index < -0.39 is 0 Å². The van der Waals surface area contributed by atoms with Gasteiger partial charge in [-0.1, -0.05) is 0 Å². The number of likely N-dealkylation sites (tertiary alicyclic amines) is 1. The molecule has 2 aromatic rings. The van der Waals surface area contributed by atoms with Crippen molar-refractivity contribution in [3.8, 4) is 17.0 Å². The quantitative estimate of drug-likeness (QED) is 0.516. The van der Waals surface area contributed by atoms with Gasteiger partial charge in [0.25, 0.3) is 0 Å². The van der Waals surface area contributed by atoms with Gasteiger partial charge < -0.3 is 9.64 Å². The highest BCUT2D eigenvalue weighted by Gasteiger charge is 2.22. The van der Waals surface area contributed by atoms with E-state index in [1.165, 1.54) is 36.9 Å². The van der Waals surface area contributed by atoms with Crippen LogP contribution in [0.1, 0.15) is 43.7 Å². The van der Waals surface area contributed by atoms with Crippen molar-refractivity contribution >= 4 is 11.8 Å². The lowest BCUT2D eigenvalue weighted by molar-refractivity contribution is 0.230. The van der Waals surface area contributed by atoms with Crippen molar-refractivity contribution in [1.29, 1.82) is 0 Å². The van der Waals surface area contributed by atoms with E-state index in [2.05, 4.69) is 52.5 Å². The van der Waals surface area contributed by atoms with E-state index in [1.54, 1.807) is 11.8 Å². The lowest BCUT2D eigenvalue weighted by Crippen LogP contribution is -2.28. The van der Waals surface area contributed by atoms with Gasteiger partial charge in [0.05, 0.1) is 12.3 Å². The molecule has 27 heavy (non-hydrogen) atoms. The summed E-state index contributed by atoms with van der Waals surface area (Å²) in [7, 11) is 0. The summed E-state index contributed by atoms with van der Waals surface area (Å²) in [6.45, 7) is 5.50. The average Bonchev–Trinajstić information content (AvgIpc) is 3.34.